The SMILES string of the molecule is C1=C\P=P/N=N\N=N/1. The number of hydrogen-bond acceptors (Lipinski definition) is 4. The van der Waals surface area contributed by atoms with Crippen molar-refractivity contribution in [1.82, 2.24) is 0 Å². The fraction of sp³-hybridized carbons (Fsp3) is 0. The van der Waals surface area contributed by atoms with Crippen molar-refractivity contribution < 1.29 is 0 Å². The molecule has 1 aliphatic rings. The zero-order valence-corrected chi connectivity index (χ0v) is 5.63. The summed E-state index contributed by atoms with van der Waals surface area (Å²) in [6, 6.07) is 0. The van der Waals surface area contributed by atoms with Crippen molar-refractivity contribution in [3.05, 3.63) is 12.0 Å². The largest absolute Gasteiger partial charge is 0.137 e. The molecule has 0 atom stereocenters. The maximum absolute atomic E-state index is 3.60. The van der Waals surface area contributed by atoms with Gasteiger partial charge in [-0.3, -0.25) is 0 Å². The van der Waals surface area contributed by atoms with Crippen LogP contribution >= 0.6 is 15.9 Å². The van der Waals surface area contributed by atoms with Crippen LogP contribution in [0.3, 0.4) is 0 Å². The first-order valence-electron chi connectivity index (χ1n) is 1.85. The molecule has 0 unspecified atom stereocenters. The molecule has 0 aromatic rings. The molecule has 6 heteroatoms. The van der Waals surface area contributed by atoms with Gasteiger partial charge in [-0.15, -0.1) is 10.00 Å². The molecule has 0 saturated carbocycles. The Hall–Kier alpha value is -0.460. The van der Waals surface area contributed by atoms with Gasteiger partial charge in [-0.2, -0.15) is 0 Å². The Bertz CT molecular complexity index is 113. The van der Waals surface area contributed by atoms with Crippen LogP contribution in [0.25, 0.3) is 0 Å². The van der Waals surface area contributed by atoms with Gasteiger partial charge in [-0.05, 0) is 24.1 Å². The zero-order chi connectivity index (χ0) is 5.66. The summed E-state index contributed by atoms with van der Waals surface area (Å²) in [6.45, 7) is 0. The third kappa shape index (κ3) is 2.01. The Balaban J connectivity index is 2.67. The third-order valence-electron chi connectivity index (χ3n) is 0.423. The molecule has 0 amide bonds. The van der Waals surface area contributed by atoms with E-state index in [-0.39, 0.29) is 0 Å². The lowest BCUT2D eigenvalue weighted by Gasteiger charge is -1.73. The highest BCUT2D eigenvalue weighted by molar-refractivity contribution is 7.84. The summed E-state index contributed by atoms with van der Waals surface area (Å²) in [6.07, 6.45) is 1.60. The smallest absolute Gasteiger partial charge is 0.0971 e. The third-order valence-corrected chi connectivity index (χ3v) is 1.90. The highest BCUT2D eigenvalue weighted by Gasteiger charge is 1.70. The number of hydrogen-bond donors (Lipinski definition) is 0. The second-order valence-corrected chi connectivity index (χ2v) is 3.00. The minimum absolute atomic E-state index is 0.900. The molecule has 8 heavy (non-hydrogen) atoms. The molecule has 0 aliphatic carbocycles. The Morgan fingerprint density at radius 1 is 1.25 bits per heavy atom. The van der Waals surface area contributed by atoms with E-state index in [1.807, 2.05) is 5.82 Å². The van der Waals surface area contributed by atoms with Gasteiger partial charge in [-0.25, -0.2) is 0 Å². The summed E-state index contributed by atoms with van der Waals surface area (Å²) in [7, 11) is 1.99. The first-order chi connectivity index (χ1) is 4.00. The summed E-state index contributed by atoms with van der Waals surface area (Å²) in [5.74, 6) is 1.86. The van der Waals surface area contributed by atoms with E-state index in [4.69, 9.17) is 0 Å². The molecular weight excluding hydrogens is 142 g/mol. The summed E-state index contributed by atoms with van der Waals surface area (Å²) in [4.78, 5) is 3.60. The summed E-state index contributed by atoms with van der Waals surface area (Å²) in [5.41, 5.74) is 0. The van der Waals surface area contributed by atoms with Crippen LogP contribution in [0.15, 0.2) is 32.5 Å². The van der Waals surface area contributed by atoms with E-state index in [1.54, 1.807) is 6.20 Å². The highest BCUT2D eigenvalue weighted by Crippen LogP contribution is 2.19. The predicted molar refractivity (Wildman–Crippen MR) is 32.7 cm³/mol. The van der Waals surface area contributed by atoms with Crippen molar-refractivity contribution in [2.24, 2.45) is 20.4 Å². The van der Waals surface area contributed by atoms with Crippen molar-refractivity contribution in [3.63, 3.8) is 0 Å². The number of rotatable bonds is 0. The molecule has 0 fully saturated rings. The highest BCUT2D eigenvalue weighted by atomic mass is 31.7. The van der Waals surface area contributed by atoms with Crippen molar-refractivity contribution >= 4 is 15.9 Å². The van der Waals surface area contributed by atoms with E-state index >= 15 is 0 Å². The van der Waals surface area contributed by atoms with Crippen LogP contribution in [0.4, 0.5) is 0 Å². The molecule has 0 spiro atoms. The van der Waals surface area contributed by atoms with E-state index < -0.39 is 0 Å². The van der Waals surface area contributed by atoms with Crippen LogP contribution in [0.2, 0.25) is 0 Å². The lowest BCUT2D eigenvalue weighted by molar-refractivity contribution is 0.984. The van der Waals surface area contributed by atoms with Crippen LogP contribution < -0.4 is 0 Å². The lowest BCUT2D eigenvalue weighted by atomic mass is 11.1. The van der Waals surface area contributed by atoms with Gasteiger partial charge in [0.2, 0.25) is 0 Å². The topological polar surface area (TPSA) is 49.4 Å². The quantitative estimate of drug-likeness (QED) is 0.469. The average Bonchev–Trinajstić information content (AvgIpc) is 1.62. The second-order valence-electron chi connectivity index (χ2n) is 0.887. The molecule has 0 saturated heterocycles. The number of nitrogens with zero attached hydrogens (tertiary/aromatic N) is 4. The van der Waals surface area contributed by atoms with E-state index in [0.717, 1.165) is 15.9 Å². The Morgan fingerprint density at radius 2 is 2.25 bits per heavy atom. The molecule has 0 N–H and O–H groups in total. The van der Waals surface area contributed by atoms with Gasteiger partial charge >= 0.3 is 0 Å². The van der Waals surface area contributed by atoms with Crippen molar-refractivity contribution in [2.45, 2.75) is 0 Å². The molecule has 1 rings (SSSR count). The Morgan fingerprint density at radius 3 is 3.25 bits per heavy atom. The van der Waals surface area contributed by atoms with Gasteiger partial charge in [0.25, 0.3) is 0 Å². The molecule has 0 radical (unpaired) electrons. The van der Waals surface area contributed by atoms with Crippen LogP contribution in [-0.2, 0) is 0 Å². The standard InChI is InChI=1S/C2H2N4P2/c1-2-7-8-6-5-4-3-1/h1-2H/b2-1-,3-1?,4-3-,5-4?,6-5-. The summed E-state index contributed by atoms with van der Waals surface area (Å²) >= 11 is 0. The van der Waals surface area contributed by atoms with Crippen molar-refractivity contribution in [3.8, 4) is 0 Å². The van der Waals surface area contributed by atoms with Gasteiger partial charge in [0.15, 0.2) is 0 Å². The molecule has 40 valence electrons. The maximum atomic E-state index is 3.60. The lowest BCUT2D eigenvalue weighted by Crippen LogP contribution is -1.44. The van der Waals surface area contributed by atoms with Gasteiger partial charge in [0, 0.05) is 0 Å². The molecule has 0 aromatic carbocycles. The predicted octanol–water partition coefficient (Wildman–Crippen LogP) is 3.01. The molecule has 1 aliphatic heterocycles. The zero-order valence-electron chi connectivity index (χ0n) is 3.84. The van der Waals surface area contributed by atoms with Crippen LogP contribution in [-0.4, -0.2) is 0 Å². The fourth-order valence-corrected chi connectivity index (χ4v) is 1.10. The first kappa shape index (κ1) is 5.67. The van der Waals surface area contributed by atoms with Gasteiger partial charge in [-0.1, -0.05) is 0 Å². The summed E-state index contributed by atoms with van der Waals surface area (Å²) in [5, 5.41) is 10.2. The van der Waals surface area contributed by atoms with Crippen LogP contribution in [0.1, 0.15) is 0 Å². The maximum Gasteiger partial charge on any atom is 0.0971 e. The Labute approximate surface area is 49.2 Å². The second kappa shape index (κ2) is 3.53. The average molecular weight is 144 g/mol. The molecule has 0 aromatic heterocycles. The summed E-state index contributed by atoms with van der Waals surface area (Å²) < 4.78 is 0. The van der Waals surface area contributed by atoms with Gasteiger partial charge < -0.3 is 0 Å². The van der Waals surface area contributed by atoms with Crippen LogP contribution in [0, 0.1) is 0 Å². The van der Waals surface area contributed by atoms with Crippen LogP contribution in [0.5, 0.6) is 0 Å². The minimum Gasteiger partial charge on any atom is -0.137 e. The van der Waals surface area contributed by atoms with Gasteiger partial charge in [0.05, 0.1) is 14.2 Å². The van der Waals surface area contributed by atoms with Crippen molar-refractivity contribution in [2.75, 3.05) is 0 Å². The normalized spacial score (nSPS) is 32.0. The minimum atomic E-state index is 0.900. The van der Waals surface area contributed by atoms with E-state index in [2.05, 4.69) is 20.4 Å². The Kier molecular flexibility index (Phi) is 2.50. The molecule has 0 bridgehead atoms. The van der Waals surface area contributed by atoms with E-state index in [9.17, 15) is 0 Å². The molecular formula is C2H2N4P2. The van der Waals surface area contributed by atoms with E-state index in [1.165, 1.54) is 0 Å². The molecule has 1 heterocycles. The fourth-order valence-electron chi connectivity index (χ4n) is 0.201. The monoisotopic (exact) mass is 144 g/mol. The van der Waals surface area contributed by atoms with E-state index in [0.29, 0.717) is 0 Å². The molecule has 4 nitrogen and oxygen atoms in total. The first-order valence-corrected chi connectivity index (χ1v) is 4.37. The van der Waals surface area contributed by atoms with Gasteiger partial charge in [0.1, 0.15) is 0 Å². The van der Waals surface area contributed by atoms with Crippen molar-refractivity contribution in [1.29, 1.82) is 0 Å².